The van der Waals surface area contributed by atoms with Gasteiger partial charge in [-0.3, -0.25) is 4.98 Å². The number of rotatable bonds is 4. The SMILES string of the molecule is O=S(=O)(Cc1ccon1)N1CCN(c2ccnc3c(F)cc(F)cc23)CC1. The van der Waals surface area contributed by atoms with Gasteiger partial charge in [0.25, 0.3) is 0 Å². The summed E-state index contributed by atoms with van der Waals surface area (Å²) in [5, 5.41) is 4.01. The van der Waals surface area contributed by atoms with Crippen molar-refractivity contribution in [2.75, 3.05) is 31.1 Å². The maximum absolute atomic E-state index is 14.0. The monoisotopic (exact) mass is 394 g/mol. The van der Waals surface area contributed by atoms with E-state index in [2.05, 4.69) is 14.7 Å². The van der Waals surface area contributed by atoms with Gasteiger partial charge in [-0.15, -0.1) is 0 Å². The van der Waals surface area contributed by atoms with E-state index in [1.807, 2.05) is 4.90 Å². The highest BCUT2D eigenvalue weighted by Gasteiger charge is 2.28. The number of nitrogens with zero attached hydrogens (tertiary/aromatic N) is 4. The number of pyridine rings is 1. The molecule has 0 N–H and O–H groups in total. The summed E-state index contributed by atoms with van der Waals surface area (Å²) in [6.45, 7) is 1.33. The molecule has 0 unspecified atom stereocenters. The molecule has 1 saturated heterocycles. The largest absolute Gasteiger partial charge is 0.368 e. The topological polar surface area (TPSA) is 79.5 Å². The Morgan fingerprint density at radius 1 is 1.11 bits per heavy atom. The van der Waals surface area contributed by atoms with Crippen LogP contribution in [0.4, 0.5) is 14.5 Å². The highest BCUT2D eigenvalue weighted by Crippen LogP contribution is 2.29. The van der Waals surface area contributed by atoms with E-state index in [9.17, 15) is 17.2 Å². The summed E-state index contributed by atoms with van der Waals surface area (Å²) >= 11 is 0. The molecule has 7 nitrogen and oxygen atoms in total. The van der Waals surface area contributed by atoms with E-state index < -0.39 is 21.7 Å². The molecular weight excluding hydrogens is 378 g/mol. The van der Waals surface area contributed by atoms with Crippen LogP contribution in [-0.2, 0) is 15.8 Å². The second-order valence-corrected chi connectivity index (χ2v) is 8.22. The van der Waals surface area contributed by atoms with Crippen LogP contribution in [0, 0.1) is 11.6 Å². The summed E-state index contributed by atoms with van der Waals surface area (Å²) in [6, 6.07) is 5.24. The summed E-state index contributed by atoms with van der Waals surface area (Å²) < 4.78 is 58.7. The third kappa shape index (κ3) is 3.50. The quantitative estimate of drug-likeness (QED) is 0.675. The number of sulfonamides is 1. The van der Waals surface area contributed by atoms with Gasteiger partial charge < -0.3 is 9.42 Å². The molecule has 2 aromatic heterocycles. The van der Waals surface area contributed by atoms with Crippen LogP contribution >= 0.6 is 0 Å². The highest BCUT2D eigenvalue weighted by molar-refractivity contribution is 7.88. The van der Waals surface area contributed by atoms with Crippen molar-refractivity contribution < 1.29 is 21.7 Å². The Morgan fingerprint density at radius 3 is 2.59 bits per heavy atom. The number of piperazine rings is 1. The van der Waals surface area contributed by atoms with E-state index in [1.165, 1.54) is 28.9 Å². The van der Waals surface area contributed by atoms with E-state index in [-0.39, 0.29) is 24.4 Å². The zero-order valence-corrected chi connectivity index (χ0v) is 15.0. The van der Waals surface area contributed by atoms with Crippen LogP contribution in [0.3, 0.4) is 0 Å². The Kier molecular flexibility index (Phi) is 4.52. The number of aromatic nitrogens is 2. The van der Waals surface area contributed by atoms with Crippen LogP contribution in [0.5, 0.6) is 0 Å². The number of hydrogen-bond donors (Lipinski definition) is 0. The van der Waals surface area contributed by atoms with Crippen LogP contribution < -0.4 is 4.90 Å². The van der Waals surface area contributed by atoms with Gasteiger partial charge >= 0.3 is 0 Å². The van der Waals surface area contributed by atoms with Gasteiger partial charge in [0.05, 0.1) is 5.69 Å². The molecule has 0 bridgehead atoms. The first kappa shape index (κ1) is 17.8. The maximum atomic E-state index is 14.0. The predicted molar refractivity (Wildman–Crippen MR) is 94.6 cm³/mol. The van der Waals surface area contributed by atoms with Gasteiger partial charge in [0.15, 0.2) is 5.82 Å². The molecule has 0 radical (unpaired) electrons. The lowest BCUT2D eigenvalue weighted by Gasteiger charge is -2.35. The Labute approximate surface area is 154 Å². The van der Waals surface area contributed by atoms with Crippen molar-refractivity contribution in [3.05, 3.63) is 54.1 Å². The fraction of sp³-hybridized carbons (Fsp3) is 0.294. The first-order valence-electron chi connectivity index (χ1n) is 8.30. The van der Waals surface area contributed by atoms with Crippen LogP contribution in [0.1, 0.15) is 5.69 Å². The van der Waals surface area contributed by atoms with Gasteiger partial charge in [-0.1, -0.05) is 5.16 Å². The van der Waals surface area contributed by atoms with Gasteiger partial charge in [0, 0.05) is 55.6 Å². The lowest BCUT2D eigenvalue weighted by atomic mass is 10.1. The Balaban J connectivity index is 1.54. The molecule has 3 aromatic rings. The Morgan fingerprint density at radius 2 is 1.89 bits per heavy atom. The van der Waals surface area contributed by atoms with Crippen LogP contribution in [-0.4, -0.2) is 49.0 Å². The molecular formula is C17H16F2N4O3S. The standard InChI is InChI=1S/C17H16F2N4O3S/c18-12-9-14-16(1-3-20-17(14)15(19)10-12)22-4-6-23(7-5-22)27(24,25)11-13-2-8-26-21-13/h1-3,8-10H,4-7,11H2. The molecule has 0 spiro atoms. The molecule has 1 fully saturated rings. The highest BCUT2D eigenvalue weighted by atomic mass is 32.2. The lowest BCUT2D eigenvalue weighted by molar-refractivity contribution is 0.382. The molecule has 1 aliphatic rings. The minimum Gasteiger partial charge on any atom is -0.368 e. The molecule has 10 heteroatoms. The van der Waals surface area contributed by atoms with Crippen LogP contribution in [0.25, 0.3) is 10.9 Å². The predicted octanol–water partition coefficient (Wildman–Crippen LogP) is 2.15. The van der Waals surface area contributed by atoms with Crippen molar-refractivity contribution in [2.45, 2.75) is 5.75 Å². The fourth-order valence-corrected chi connectivity index (χ4v) is 4.66. The van der Waals surface area contributed by atoms with E-state index in [4.69, 9.17) is 0 Å². The molecule has 0 saturated carbocycles. The van der Waals surface area contributed by atoms with E-state index in [1.54, 1.807) is 6.07 Å². The van der Waals surface area contributed by atoms with Crippen molar-refractivity contribution in [2.24, 2.45) is 0 Å². The second-order valence-electron chi connectivity index (χ2n) is 6.25. The van der Waals surface area contributed by atoms with Crippen LogP contribution in [0.2, 0.25) is 0 Å². The first-order chi connectivity index (χ1) is 12.9. The summed E-state index contributed by atoms with van der Waals surface area (Å²) in [4.78, 5) is 5.89. The number of benzene rings is 1. The minimum absolute atomic E-state index is 0.0926. The molecule has 27 heavy (non-hydrogen) atoms. The normalized spacial score (nSPS) is 16.1. The lowest BCUT2D eigenvalue weighted by Crippen LogP contribution is -2.49. The van der Waals surface area contributed by atoms with Gasteiger partial charge in [-0.2, -0.15) is 4.31 Å². The van der Waals surface area contributed by atoms with Crippen molar-refractivity contribution >= 4 is 26.6 Å². The molecule has 1 aliphatic heterocycles. The van der Waals surface area contributed by atoms with Gasteiger partial charge in [-0.25, -0.2) is 17.2 Å². The Hall–Kier alpha value is -2.59. The molecule has 4 rings (SSSR count). The van der Waals surface area contributed by atoms with E-state index in [0.29, 0.717) is 29.9 Å². The molecule has 1 aromatic carbocycles. The second kappa shape index (κ2) is 6.86. The average Bonchev–Trinajstić information content (AvgIpc) is 3.13. The fourth-order valence-electron chi connectivity index (χ4n) is 3.24. The van der Waals surface area contributed by atoms with E-state index in [0.717, 1.165) is 6.07 Å². The number of halogens is 2. The number of hydrogen-bond acceptors (Lipinski definition) is 6. The minimum atomic E-state index is -3.52. The summed E-state index contributed by atoms with van der Waals surface area (Å²) in [6.07, 6.45) is 2.79. The zero-order valence-electron chi connectivity index (χ0n) is 14.2. The Bertz CT molecular complexity index is 1070. The third-order valence-corrected chi connectivity index (χ3v) is 6.35. The first-order valence-corrected chi connectivity index (χ1v) is 9.91. The summed E-state index contributed by atoms with van der Waals surface area (Å²) in [5.41, 5.74) is 1.07. The van der Waals surface area contributed by atoms with Gasteiger partial charge in [0.2, 0.25) is 10.0 Å². The third-order valence-electron chi connectivity index (χ3n) is 4.53. The smallest absolute Gasteiger partial charge is 0.220 e. The molecule has 142 valence electrons. The maximum Gasteiger partial charge on any atom is 0.220 e. The molecule has 0 amide bonds. The van der Waals surface area contributed by atoms with Crippen molar-refractivity contribution in [3.63, 3.8) is 0 Å². The number of anilines is 1. The van der Waals surface area contributed by atoms with Gasteiger partial charge in [0.1, 0.15) is 23.3 Å². The average molecular weight is 394 g/mol. The number of fused-ring (bicyclic) bond motifs is 1. The summed E-state index contributed by atoms with van der Waals surface area (Å²) in [7, 11) is -3.52. The summed E-state index contributed by atoms with van der Waals surface area (Å²) in [5.74, 6) is -1.62. The van der Waals surface area contributed by atoms with Crippen molar-refractivity contribution in [3.8, 4) is 0 Å². The van der Waals surface area contributed by atoms with Crippen molar-refractivity contribution in [1.82, 2.24) is 14.4 Å². The molecule has 0 atom stereocenters. The van der Waals surface area contributed by atoms with Gasteiger partial charge in [-0.05, 0) is 12.1 Å². The zero-order chi connectivity index (χ0) is 19.0. The molecule has 3 heterocycles. The molecule has 0 aliphatic carbocycles. The van der Waals surface area contributed by atoms with Crippen LogP contribution in [0.15, 0.2) is 41.2 Å². The van der Waals surface area contributed by atoms with E-state index >= 15 is 0 Å². The van der Waals surface area contributed by atoms with Crippen molar-refractivity contribution in [1.29, 1.82) is 0 Å².